The fraction of sp³-hybridized carbons (Fsp3) is 0.412. The first-order valence-corrected chi connectivity index (χ1v) is 7.12. The van der Waals surface area contributed by atoms with Gasteiger partial charge in [0.05, 0.1) is 0 Å². The zero-order chi connectivity index (χ0) is 12.8. The van der Waals surface area contributed by atoms with Crippen LogP contribution in [0.1, 0.15) is 24.8 Å². The quantitative estimate of drug-likeness (QED) is 0.683. The maximum Gasteiger partial charge on any atom is 0.123 e. The molecule has 0 radical (unpaired) electrons. The van der Waals surface area contributed by atoms with Crippen LogP contribution in [0.15, 0.2) is 36.4 Å². The van der Waals surface area contributed by atoms with E-state index in [2.05, 4.69) is 36.4 Å². The molecule has 2 aromatic carbocycles. The zero-order valence-corrected chi connectivity index (χ0v) is 10.8. The molecule has 0 N–H and O–H groups in total. The highest BCUT2D eigenvalue weighted by Gasteiger charge is 2.36. The van der Waals surface area contributed by atoms with E-state index in [1.807, 2.05) is 0 Å². The number of fused-ring (bicyclic) bond motifs is 4. The van der Waals surface area contributed by atoms with Crippen LogP contribution in [0.3, 0.4) is 0 Å². The monoisotopic (exact) mass is 256 g/mol. The second kappa shape index (κ2) is 4.22. The maximum absolute atomic E-state index is 13.6. The fourth-order valence-electron chi connectivity index (χ4n) is 3.61. The highest BCUT2D eigenvalue weighted by molar-refractivity contribution is 5.88. The van der Waals surface area contributed by atoms with Crippen molar-refractivity contribution in [2.75, 3.05) is 0 Å². The van der Waals surface area contributed by atoms with Crippen LogP contribution in [0.5, 0.6) is 5.75 Å². The SMILES string of the molecule is FC1CCC2Oc3ccc4ccccc4c3CC2C1. The third kappa shape index (κ3) is 1.81. The molecule has 1 heterocycles. The van der Waals surface area contributed by atoms with Crippen molar-refractivity contribution in [1.29, 1.82) is 0 Å². The van der Waals surface area contributed by atoms with Crippen LogP contribution in [0.4, 0.5) is 4.39 Å². The topological polar surface area (TPSA) is 9.23 Å². The molecule has 1 fully saturated rings. The summed E-state index contributed by atoms with van der Waals surface area (Å²) in [6, 6.07) is 12.6. The molecule has 19 heavy (non-hydrogen) atoms. The Bertz CT molecular complexity index is 622. The average Bonchev–Trinajstić information content (AvgIpc) is 2.45. The first-order chi connectivity index (χ1) is 9.31. The number of benzene rings is 2. The summed E-state index contributed by atoms with van der Waals surface area (Å²) in [6.07, 6.45) is 2.72. The molecule has 1 saturated carbocycles. The molecule has 0 bridgehead atoms. The third-order valence-corrected chi connectivity index (χ3v) is 4.59. The number of hydrogen-bond donors (Lipinski definition) is 0. The van der Waals surface area contributed by atoms with Gasteiger partial charge in [0, 0.05) is 11.5 Å². The Balaban J connectivity index is 1.80. The molecule has 1 aliphatic heterocycles. The minimum atomic E-state index is -0.638. The highest BCUT2D eigenvalue weighted by Crippen LogP contribution is 2.41. The molecule has 4 rings (SSSR count). The Morgan fingerprint density at radius 3 is 2.89 bits per heavy atom. The van der Waals surface area contributed by atoms with E-state index in [0.717, 1.165) is 18.6 Å². The summed E-state index contributed by atoms with van der Waals surface area (Å²) in [6.45, 7) is 0. The molecule has 98 valence electrons. The van der Waals surface area contributed by atoms with Gasteiger partial charge in [0.2, 0.25) is 0 Å². The van der Waals surface area contributed by atoms with Gasteiger partial charge in [0.25, 0.3) is 0 Å². The highest BCUT2D eigenvalue weighted by atomic mass is 19.1. The lowest BCUT2D eigenvalue weighted by atomic mass is 9.78. The van der Waals surface area contributed by atoms with Crippen LogP contribution >= 0.6 is 0 Å². The summed E-state index contributed by atoms with van der Waals surface area (Å²) in [5.41, 5.74) is 1.27. The summed E-state index contributed by atoms with van der Waals surface area (Å²) in [5, 5.41) is 2.51. The van der Waals surface area contributed by atoms with E-state index in [1.54, 1.807) is 0 Å². The summed E-state index contributed by atoms with van der Waals surface area (Å²) in [5.74, 6) is 1.36. The fourth-order valence-corrected chi connectivity index (χ4v) is 3.61. The van der Waals surface area contributed by atoms with Gasteiger partial charge < -0.3 is 4.74 Å². The molecule has 2 aliphatic rings. The Kier molecular flexibility index (Phi) is 2.51. The first-order valence-electron chi connectivity index (χ1n) is 7.12. The van der Waals surface area contributed by atoms with Gasteiger partial charge in [-0.05, 0) is 42.5 Å². The molecule has 2 aromatic rings. The van der Waals surface area contributed by atoms with Crippen LogP contribution in [0, 0.1) is 5.92 Å². The Hall–Kier alpha value is -1.57. The molecule has 1 nitrogen and oxygen atoms in total. The van der Waals surface area contributed by atoms with Crippen LogP contribution in [0.2, 0.25) is 0 Å². The van der Waals surface area contributed by atoms with E-state index in [4.69, 9.17) is 4.74 Å². The lowest BCUT2D eigenvalue weighted by molar-refractivity contribution is 0.0422. The van der Waals surface area contributed by atoms with Gasteiger partial charge in [0.15, 0.2) is 0 Å². The van der Waals surface area contributed by atoms with Gasteiger partial charge in [0.1, 0.15) is 18.0 Å². The molecule has 0 saturated heterocycles. The number of ether oxygens (including phenoxy) is 1. The molecular weight excluding hydrogens is 239 g/mol. The van der Waals surface area contributed by atoms with Crippen molar-refractivity contribution in [3.05, 3.63) is 42.0 Å². The van der Waals surface area contributed by atoms with Crippen LogP contribution < -0.4 is 4.74 Å². The summed E-state index contributed by atoms with van der Waals surface area (Å²) >= 11 is 0. The standard InChI is InChI=1S/C17H17FO/c18-13-6-8-16-12(9-13)10-15-14-4-2-1-3-11(14)5-7-17(15)19-16/h1-5,7,12-13,16H,6,8-10H2. The number of rotatable bonds is 0. The summed E-state index contributed by atoms with van der Waals surface area (Å²) in [4.78, 5) is 0. The molecule has 3 atom stereocenters. The predicted molar refractivity (Wildman–Crippen MR) is 74.3 cm³/mol. The van der Waals surface area contributed by atoms with Crippen molar-refractivity contribution in [1.82, 2.24) is 0 Å². The predicted octanol–water partition coefficient (Wildman–Crippen LogP) is 4.28. The van der Waals surface area contributed by atoms with E-state index in [9.17, 15) is 4.39 Å². The van der Waals surface area contributed by atoms with Crippen molar-refractivity contribution in [3.8, 4) is 5.75 Å². The van der Waals surface area contributed by atoms with Gasteiger partial charge in [-0.3, -0.25) is 0 Å². The largest absolute Gasteiger partial charge is 0.490 e. The Morgan fingerprint density at radius 1 is 1.05 bits per heavy atom. The van der Waals surface area contributed by atoms with Crippen molar-refractivity contribution >= 4 is 10.8 Å². The second-order valence-corrected chi connectivity index (χ2v) is 5.79. The number of alkyl halides is 1. The van der Waals surface area contributed by atoms with Crippen LogP contribution in [-0.4, -0.2) is 12.3 Å². The molecular formula is C17H17FO. The minimum Gasteiger partial charge on any atom is -0.490 e. The first kappa shape index (κ1) is 11.3. The lowest BCUT2D eigenvalue weighted by Crippen LogP contribution is -2.38. The van der Waals surface area contributed by atoms with Gasteiger partial charge >= 0.3 is 0 Å². The minimum absolute atomic E-state index is 0.223. The molecule has 0 spiro atoms. The van der Waals surface area contributed by atoms with E-state index in [-0.39, 0.29) is 6.10 Å². The van der Waals surface area contributed by atoms with Gasteiger partial charge in [-0.15, -0.1) is 0 Å². The number of hydrogen-bond acceptors (Lipinski definition) is 1. The van der Waals surface area contributed by atoms with Crippen molar-refractivity contribution in [2.24, 2.45) is 5.92 Å². The third-order valence-electron chi connectivity index (χ3n) is 4.59. The van der Waals surface area contributed by atoms with Gasteiger partial charge in [-0.1, -0.05) is 30.3 Å². The maximum atomic E-state index is 13.6. The molecule has 1 aliphatic carbocycles. The van der Waals surface area contributed by atoms with E-state index in [1.165, 1.54) is 16.3 Å². The van der Waals surface area contributed by atoms with Gasteiger partial charge in [-0.2, -0.15) is 0 Å². The molecule has 3 unspecified atom stereocenters. The Morgan fingerprint density at radius 2 is 1.95 bits per heavy atom. The average molecular weight is 256 g/mol. The zero-order valence-electron chi connectivity index (χ0n) is 10.8. The van der Waals surface area contributed by atoms with Gasteiger partial charge in [-0.25, -0.2) is 4.39 Å². The van der Waals surface area contributed by atoms with Crippen molar-refractivity contribution in [3.63, 3.8) is 0 Å². The van der Waals surface area contributed by atoms with E-state index in [0.29, 0.717) is 18.8 Å². The molecule has 2 heteroatoms. The van der Waals surface area contributed by atoms with Crippen LogP contribution in [-0.2, 0) is 6.42 Å². The van der Waals surface area contributed by atoms with E-state index >= 15 is 0 Å². The summed E-state index contributed by atoms with van der Waals surface area (Å²) < 4.78 is 19.7. The number of halogens is 1. The smallest absolute Gasteiger partial charge is 0.123 e. The van der Waals surface area contributed by atoms with Crippen LogP contribution in [0.25, 0.3) is 10.8 Å². The van der Waals surface area contributed by atoms with Crippen molar-refractivity contribution in [2.45, 2.75) is 38.0 Å². The Labute approximate surface area is 112 Å². The lowest BCUT2D eigenvalue weighted by Gasteiger charge is -2.38. The second-order valence-electron chi connectivity index (χ2n) is 5.79. The van der Waals surface area contributed by atoms with Crippen molar-refractivity contribution < 1.29 is 9.13 Å². The normalized spacial score (nSPS) is 29.4. The molecule has 0 amide bonds. The van der Waals surface area contributed by atoms with E-state index < -0.39 is 6.17 Å². The molecule has 0 aromatic heterocycles. The summed E-state index contributed by atoms with van der Waals surface area (Å²) in [7, 11) is 0.